The van der Waals surface area contributed by atoms with E-state index in [1.807, 2.05) is 36.4 Å². The van der Waals surface area contributed by atoms with Gasteiger partial charge in [-0.1, -0.05) is 19.0 Å². The summed E-state index contributed by atoms with van der Waals surface area (Å²) in [6, 6.07) is 11.4. The SMILES string of the molecule is COc1ccc(-c2noc(-c3ccc(NCCC(C)C)nc3)n2)cc1. The van der Waals surface area contributed by atoms with Crippen LogP contribution in [0, 0.1) is 5.92 Å². The molecule has 0 aliphatic carbocycles. The summed E-state index contributed by atoms with van der Waals surface area (Å²) in [5.41, 5.74) is 1.66. The number of hydrogen-bond acceptors (Lipinski definition) is 6. The van der Waals surface area contributed by atoms with E-state index in [4.69, 9.17) is 9.26 Å². The summed E-state index contributed by atoms with van der Waals surface area (Å²) in [4.78, 5) is 8.84. The Morgan fingerprint density at radius 2 is 1.84 bits per heavy atom. The first-order chi connectivity index (χ1) is 12.2. The molecular weight excluding hydrogens is 316 g/mol. The van der Waals surface area contributed by atoms with Gasteiger partial charge in [-0.3, -0.25) is 0 Å². The molecule has 25 heavy (non-hydrogen) atoms. The van der Waals surface area contributed by atoms with E-state index in [1.54, 1.807) is 13.3 Å². The highest BCUT2D eigenvalue weighted by molar-refractivity contribution is 5.60. The van der Waals surface area contributed by atoms with Crippen LogP contribution in [-0.4, -0.2) is 28.8 Å². The quantitative estimate of drug-likeness (QED) is 0.694. The second kappa shape index (κ2) is 7.79. The van der Waals surface area contributed by atoms with Gasteiger partial charge >= 0.3 is 0 Å². The highest BCUT2D eigenvalue weighted by Gasteiger charge is 2.11. The summed E-state index contributed by atoms with van der Waals surface area (Å²) >= 11 is 0. The number of rotatable bonds is 7. The third-order valence-electron chi connectivity index (χ3n) is 3.81. The van der Waals surface area contributed by atoms with Crippen molar-refractivity contribution in [2.24, 2.45) is 5.92 Å². The molecule has 6 heteroatoms. The minimum Gasteiger partial charge on any atom is -0.497 e. The van der Waals surface area contributed by atoms with E-state index in [0.717, 1.165) is 35.7 Å². The maximum absolute atomic E-state index is 5.36. The summed E-state index contributed by atoms with van der Waals surface area (Å²) in [6.45, 7) is 5.31. The van der Waals surface area contributed by atoms with Crippen molar-refractivity contribution in [3.8, 4) is 28.6 Å². The smallest absolute Gasteiger partial charge is 0.259 e. The van der Waals surface area contributed by atoms with Gasteiger partial charge in [0.25, 0.3) is 5.89 Å². The van der Waals surface area contributed by atoms with Gasteiger partial charge in [0.1, 0.15) is 11.6 Å². The number of ether oxygens (including phenoxy) is 1. The van der Waals surface area contributed by atoms with Gasteiger partial charge in [0.15, 0.2) is 0 Å². The lowest BCUT2D eigenvalue weighted by Gasteiger charge is -2.07. The van der Waals surface area contributed by atoms with Crippen LogP contribution < -0.4 is 10.1 Å². The molecule has 3 rings (SSSR count). The van der Waals surface area contributed by atoms with E-state index in [1.165, 1.54) is 0 Å². The Balaban J connectivity index is 1.69. The first-order valence-corrected chi connectivity index (χ1v) is 8.34. The van der Waals surface area contributed by atoms with Gasteiger partial charge in [-0.05, 0) is 48.7 Å². The molecule has 2 heterocycles. The summed E-state index contributed by atoms with van der Waals surface area (Å²) in [6.07, 6.45) is 2.85. The van der Waals surface area contributed by atoms with Crippen molar-refractivity contribution in [2.45, 2.75) is 20.3 Å². The van der Waals surface area contributed by atoms with E-state index < -0.39 is 0 Å². The van der Waals surface area contributed by atoms with Crippen molar-refractivity contribution in [1.82, 2.24) is 15.1 Å². The molecule has 3 aromatic rings. The van der Waals surface area contributed by atoms with Crippen LogP contribution in [0.1, 0.15) is 20.3 Å². The second-order valence-electron chi connectivity index (χ2n) is 6.19. The van der Waals surface area contributed by atoms with E-state index in [9.17, 15) is 0 Å². The number of anilines is 1. The molecular formula is C19H22N4O2. The molecule has 0 saturated heterocycles. The Kier molecular flexibility index (Phi) is 5.28. The van der Waals surface area contributed by atoms with Gasteiger partial charge in [0.05, 0.1) is 12.7 Å². The summed E-state index contributed by atoms with van der Waals surface area (Å²) in [5, 5.41) is 7.35. The molecule has 0 atom stereocenters. The molecule has 0 saturated carbocycles. The standard InChI is InChI=1S/C19H22N4O2/c1-13(2)10-11-20-17-9-6-15(12-21-17)19-22-18(23-25-19)14-4-7-16(24-3)8-5-14/h4-9,12-13H,10-11H2,1-3H3,(H,20,21). The highest BCUT2D eigenvalue weighted by atomic mass is 16.5. The number of pyridine rings is 1. The van der Waals surface area contributed by atoms with Gasteiger partial charge in [-0.2, -0.15) is 4.98 Å². The van der Waals surface area contributed by atoms with E-state index >= 15 is 0 Å². The Morgan fingerprint density at radius 3 is 2.48 bits per heavy atom. The Morgan fingerprint density at radius 1 is 1.08 bits per heavy atom. The number of hydrogen-bond donors (Lipinski definition) is 1. The minimum atomic E-state index is 0.451. The molecule has 0 radical (unpaired) electrons. The van der Waals surface area contributed by atoms with Crippen LogP contribution in [0.5, 0.6) is 5.75 Å². The molecule has 0 bridgehead atoms. The molecule has 0 spiro atoms. The van der Waals surface area contributed by atoms with Gasteiger partial charge < -0.3 is 14.6 Å². The fourth-order valence-electron chi connectivity index (χ4n) is 2.31. The van der Waals surface area contributed by atoms with Crippen LogP contribution in [0.3, 0.4) is 0 Å². The van der Waals surface area contributed by atoms with Crippen molar-refractivity contribution >= 4 is 5.82 Å². The lowest BCUT2D eigenvalue weighted by atomic mass is 10.1. The zero-order valence-corrected chi connectivity index (χ0v) is 14.7. The Bertz CT molecular complexity index is 795. The number of nitrogens with one attached hydrogen (secondary N) is 1. The van der Waals surface area contributed by atoms with Crippen LogP contribution >= 0.6 is 0 Å². The van der Waals surface area contributed by atoms with Gasteiger partial charge in [0, 0.05) is 18.3 Å². The number of benzene rings is 1. The molecule has 130 valence electrons. The van der Waals surface area contributed by atoms with Crippen molar-refractivity contribution in [3.05, 3.63) is 42.6 Å². The molecule has 0 aliphatic rings. The van der Waals surface area contributed by atoms with Crippen molar-refractivity contribution < 1.29 is 9.26 Å². The van der Waals surface area contributed by atoms with Crippen LogP contribution in [0.4, 0.5) is 5.82 Å². The van der Waals surface area contributed by atoms with Crippen LogP contribution in [-0.2, 0) is 0 Å². The van der Waals surface area contributed by atoms with E-state index in [0.29, 0.717) is 17.6 Å². The fraction of sp³-hybridized carbons (Fsp3) is 0.316. The van der Waals surface area contributed by atoms with Crippen molar-refractivity contribution in [1.29, 1.82) is 0 Å². The number of nitrogens with zero attached hydrogens (tertiary/aromatic N) is 3. The maximum Gasteiger partial charge on any atom is 0.259 e. The average molecular weight is 338 g/mol. The minimum absolute atomic E-state index is 0.451. The molecule has 0 unspecified atom stereocenters. The lowest BCUT2D eigenvalue weighted by molar-refractivity contribution is 0.415. The van der Waals surface area contributed by atoms with E-state index in [-0.39, 0.29) is 0 Å². The zero-order valence-electron chi connectivity index (χ0n) is 14.7. The monoisotopic (exact) mass is 338 g/mol. The molecule has 1 aromatic carbocycles. The first kappa shape index (κ1) is 17.0. The second-order valence-corrected chi connectivity index (χ2v) is 6.19. The number of aromatic nitrogens is 3. The molecule has 0 aliphatic heterocycles. The Labute approximate surface area is 147 Å². The molecule has 0 fully saturated rings. The third kappa shape index (κ3) is 4.35. The maximum atomic E-state index is 5.36. The van der Waals surface area contributed by atoms with Gasteiger partial charge in [-0.15, -0.1) is 0 Å². The van der Waals surface area contributed by atoms with Crippen molar-refractivity contribution in [2.75, 3.05) is 19.0 Å². The summed E-state index contributed by atoms with van der Waals surface area (Å²) < 4.78 is 10.5. The van der Waals surface area contributed by atoms with Crippen molar-refractivity contribution in [3.63, 3.8) is 0 Å². The van der Waals surface area contributed by atoms with Gasteiger partial charge in [0.2, 0.25) is 5.82 Å². The van der Waals surface area contributed by atoms with E-state index in [2.05, 4.69) is 34.3 Å². The molecule has 0 amide bonds. The highest BCUT2D eigenvalue weighted by Crippen LogP contribution is 2.24. The first-order valence-electron chi connectivity index (χ1n) is 8.34. The summed E-state index contributed by atoms with van der Waals surface area (Å²) in [5.74, 6) is 3.29. The topological polar surface area (TPSA) is 73.1 Å². The normalized spacial score (nSPS) is 10.9. The average Bonchev–Trinajstić information content (AvgIpc) is 3.12. The van der Waals surface area contributed by atoms with Crippen LogP contribution in [0.15, 0.2) is 47.1 Å². The fourth-order valence-corrected chi connectivity index (χ4v) is 2.31. The third-order valence-corrected chi connectivity index (χ3v) is 3.81. The summed E-state index contributed by atoms with van der Waals surface area (Å²) in [7, 11) is 1.63. The lowest BCUT2D eigenvalue weighted by Crippen LogP contribution is -2.05. The largest absolute Gasteiger partial charge is 0.497 e. The zero-order chi connectivity index (χ0) is 17.6. The Hall–Kier alpha value is -2.89. The predicted octanol–water partition coefficient (Wildman–Crippen LogP) is 4.27. The van der Waals surface area contributed by atoms with Crippen LogP contribution in [0.2, 0.25) is 0 Å². The molecule has 1 N–H and O–H groups in total. The molecule has 6 nitrogen and oxygen atoms in total. The molecule has 2 aromatic heterocycles. The predicted molar refractivity (Wildman–Crippen MR) is 97.5 cm³/mol. The van der Waals surface area contributed by atoms with Crippen LogP contribution in [0.25, 0.3) is 22.8 Å². The van der Waals surface area contributed by atoms with Gasteiger partial charge in [-0.25, -0.2) is 4.98 Å². The number of methoxy groups -OCH3 is 1.